The Morgan fingerprint density at radius 2 is 2.00 bits per heavy atom. The zero-order valence-corrected chi connectivity index (χ0v) is 10.6. The first kappa shape index (κ1) is 13.5. The van der Waals surface area contributed by atoms with E-state index >= 15 is 0 Å². The summed E-state index contributed by atoms with van der Waals surface area (Å²) in [6, 6.07) is 8.03. The molecule has 90 valence electrons. The standard InChI is InChI=1S/C13H21ClN2/c1-11(6-8-15)10-16-9-7-12-2-4-13(14)5-3-12/h2-5,11,16H,6-10,15H2,1H3. The van der Waals surface area contributed by atoms with Gasteiger partial charge in [0.2, 0.25) is 0 Å². The fourth-order valence-corrected chi connectivity index (χ4v) is 1.74. The highest BCUT2D eigenvalue weighted by atomic mass is 35.5. The van der Waals surface area contributed by atoms with Gasteiger partial charge in [-0.05, 0) is 56.1 Å². The van der Waals surface area contributed by atoms with Crippen LogP contribution in [0, 0.1) is 5.92 Å². The first-order chi connectivity index (χ1) is 7.72. The first-order valence-corrected chi connectivity index (χ1v) is 6.25. The molecule has 3 heteroatoms. The van der Waals surface area contributed by atoms with Gasteiger partial charge in [0.25, 0.3) is 0 Å². The topological polar surface area (TPSA) is 38.0 Å². The second kappa shape index (κ2) is 7.66. The van der Waals surface area contributed by atoms with E-state index in [1.54, 1.807) is 0 Å². The Morgan fingerprint density at radius 3 is 2.62 bits per heavy atom. The van der Waals surface area contributed by atoms with E-state index in [0.717, 1.165) is 37.5 Å². The van der Waals surface area contributed by atoms with Crippen molar-refractivity contribution in [1.29, 1.82) is 0 Å². The Hall–Kier alpha value is -0.570. The van der Waals surface area contributed by atoms with Crippen molar-refractivity contribution in [3.63, 3.8) is 0 Å². The molecule has 0 aliphatic heterocycles. The molecule has 0 aromatic heterocycles. The zero-order chi connectivity index (χ0) is 11.8. The van der Waals surface area contributed by atoms with E-state index in [-0.39, 0.29) is 0 Å². The minimum absolute atomic E-state index is 0.662. The maximum absolute atomic E-state index is 5.82. The Balaban J connectivity index is 2.13. The number of hydrogen-bond acceptors (Lipinski definition) is 2. The highest BCUT2D eigenvalue weighted by Gasteiger charge is 1.99. The van der Waals surface area contributed by atoms with Crippen LogP contribution >= 0.6 is 11.6 Å². The van der Waals surface area contributed by atoms with Crippen LogP contribution in [0.5, 0.6) is 0 Å². The van der Waals surface area contributed by atoms with Gasteiger partial charge in [-0.25, -0.2) is 0 Å². The lowest BCUT2D eigenvalue weighted by Gasteiger charge is -2.11. The smallest absolute Gasteiger partial charge is 0.0406 e. The van der Waals surface area contributed by atoms with E-state index in [1.807, 2.05) is 12.1 Å². The first-order valence-electron chi connectivity index (χ1n) is 5.87. The van der Waals surface area contributed by atoms with Crippen molar-refractivity contribution in [1.82, 2.24) is 5.32 Å². The van der Waals surface area contributed by atoms with Crippen molar-refractivity contribution < 1.29 is 0 Å². The second-order valence-corrected chi connectivity index (χ2v) is 4.70. The molecule has 1 aromatic carbocycles. The number of halogens is 1. The minimum Gasteiger partial charge on any atom is -0.330 e. The van der Waals surface area contributed by atoms with Crippen LogP contribution in [-0.4, -0.2) is 19.6 Å². The van der Waals surface area contributed by atoms with Crippen LogP contribution in [0.15, 0.2) is 24.3 Å². The Labute approximate surface area is 103 Å². The van der Waals surface area contributed by atoms with Crippen molar-refractivity contribution in [2.45, 2.75) is 19.8 Å². The van der Waals surface area contributed by atoms with Crippen LogP contribution in [0.2, 0.25) is 5.02 Å². The van der Waals surface area contributed by atoms with Gasteiger partial charge in [0, 0.05) is 5.02 Å². The molecule has 0 aliphatic rings. The normalized spacial score (nSPS) is 12.7. The summed E-state index contributed by atoms with van der Waals surface area (Å²) in [5.41, 5.74) is 6.82. The zero-order valence-electron chi connectivity index (χ0n) is 9.88. The molecule has 3 N–H and O–H groups in total. The van der Waals surface area contributed by atoms with Crippen LogP contribution in [0.4, 0.5) is 0 Å². The minimum atomic E-state index is 0.662. The Kier molecular flexibility index (Phi) is 6.46. The third kappa shape index (κ3) is 5.50. The van der Waals surface area contributed by atoms with Gasteiger partial charge < -0.3 is 11.1 Å². The van der Waals surface area contributed by atoms with Crippen LogP contribution < -0.4 is 11.1 Å². The van der Waals surface area contributed by atoms with E-state index < -0.39 is 0 Å². The molecule has 0 spiro atoms. The lowest BCUT2D eigenvalue weighted by atomic mass is 10.1. The maximum atomic E-state index is 5.82. The maximum Gasteiger partial charge on any atom is 0.0406 e. The molecule has 0 fully saturated rings. The molecule has 16 heavy (non-hydrogen) atoms. The number of rotatable bonds is 7. The van der Waals surface area contributed by atoms with E-state index in [4.69, 9.17) is 17.3 Å². The van der Waals surface area contributed by atoms with Crippen LogP contribution in [0.1, 0.15) is 18.9 Å². The van der Waals surface area contributed by atoms with Crippen molar-refractivity contribution in [2.75, 3.05) is 19.6 Å². The van der Waals surface area contributed by atoms with Gasteiger partial charge in [0.1, 0.15) is 0 Å². The quantitative estimate of drug-likeness (QED) is 0.719. The number of hydrogen-bond donors (Lipinski definition) is 2. The number of nitrogens with two attached hydrogens (primary N) is 1. The summed E-state index contributed by atoms with van der Waals surface area (Å²) in [6.45, 7) is 5.06. The molecule has 0 heterocycles. The molecule has 0 radical (unpaired) electrons. The average Bonchev–Trinajstić information content (AvgIpc) is 2.27. The predicted molar refractivity (Wildman–Crippen MR) is 70.9 cm³/mol. The van der Waals surface area contributed by atoms with Gasteiger partial charge in [-0.2, -0.15) is 0 Å². The predicted octanol–water partition coefficient (Wildman–Crippen LogP) is 2.46. The highest BCUT2D eigenvalue weighted by Crippen LogP contribution is 2.09. The summed E-state index contributed by atoms with van der Waals surface area (Å²) in [5.74, 6) is 0.662. The largest absolute Gasteiger partial charge is 0.330 e. The molecule has 1 aromatic rings. The van der Waals surface area contributed by atoms with Crippen molar-refractivity contribution >= 4 is 11.6 Å². The van der Waals surface area contributed by atoms with Gasteiger partial charge in [-0.1, -0.05) is 30.7 Å². The molecular formula is C13H21ClN2. The Bertz CT molecular complexity index is 284. The van der Waals surface area contributed by atoms with E-state index in [1.165, 1.54) is 5.56 Å². The number of nitrogens with one attached hydrogen (secondary N) is 1. The second-order valence-electron chi connectivity index (χ2n) is 4.26. The molecule has 0 amide bonds. The van der Waals surface area contributed by atoms with Crippen molar-refractivity contribution in [2.24, 2.45) is 11.7 Å². The molecule has 0 saturated carbocycles. The van der Waals surface area contributed by atoms with Gasteiger partial charge in [0.05, 0.1) is 0 Å². The van der Waals surface area contributed by atoms with Gasteiger partial charge in [-0.15, -0.1) is 0 Å². The summed E-state index contributed by atoms with van der Waals surface area (Å²) in [5, 5.41) is 4.24. The molecule has 2 nitrogen and oxygen atoms in total. The highest BCUT2D eigenvalue weighted by molar-refractivity contribution is 6.30. The molecule has 1 unspecified atom stereocenters. The molecule has 1 atom stereocenters. The van der Waals surface area contributed by atoms with E-state index in [0.29, 0.717) is 5.92 Å². The Morgan fingerprint density at radius 1 is 1.31 bits per heavy atom. The molecule has 1 rings (SSSR count). The molecule has 0 saturated heterocycles. The van der Waals surface area contributed by atoms with Gasteiger partial charge in [0.15, 0.2) is 0 Å². The third-order valence-electron chi connectivity index (χ3n) is 2.66. The SMILES string of the molecule is CC(CCN)CNCCc1ccc(Cl)cc1. The summed E-state index contributed by atoms with van der Waals surface area (Å²) in [7, 11) is 0. The summed E-state index contributed by atoms with van der Waals surface area (Å²) in [6.07, 6.45) is 2.14. The monoisotopic (exact) mass is 240 g/mol. The molecular weight excluding hydrogens is 220 g/mol. The third-order valence-corrected chi connectivity index (χ3v) is 2.91. The van der Waals surface area contributed by atoms with Crippen molar-refractivity contribution in [3.05, 3.63) is 34.9 Å². The summed E-state index contributed by atoms with van der Waals surface area (Å²) < 4.78 is 0. The lowest BCUT2D eigenvalue weighted by molar-refractivity contribution is 0.489. The van der Waals surface area contributed by atoms with Crippen LogP contribution in [0.3, 0.4) is 0 Å². The summed E-state index contributed by atoms with van der Waals surface area (Å²) >= 11 is 5.82. The summed E-state index contributed by atoms with van der Waals surface area (Å²) in [4.78, 5) is 0. The van der Waals surface area contributed by atoms with E-state index in [2.05, 4.69) is 24.4 Å². The van der Waals surface area contributed by atoms with E-state index in [9.17, 15) is 0 Å². The lowest BCUT2D eigenvalue weighted by Crippen LogP contribution is -2.24. The van der Waals surface area contributed by atoms with Gasteiger partial charge >= 0.3 is 0 Å². The molecule has 0 bridgehead atoms. The van der Waals surface area contributed by atoms with Crippen LogP contribution in [-0.2, 0) is 6.42 Å². The fourth-order valence-electron chi connectivity index (χ4n) is 1.62. The van der Waals surface area contributed by atoms with Crippen LogP contribution in [0.25, 0.3) is 0 Å². The molecule has 0 aliphatic carbocycles. The van der Waals surface area contributed by atoms with Gasteiger partial charge in [-0.3, -0.25) is 0 Å². The number of benzene rings is 1. The fraction of sp³-hybridized carbons (Fsp3) is 0.538. The average molecular weight is 241 g/mol. The van der Waals surface area contributed by atoms with Crippen molar-refractivity contribution in [3.8, 4) is 0 Å².